The summed E-state index contributed by atoms with van der Waals surface area (Å²) in [6.07, 6.45) is 0.994. The van der Waals surface area contributed by atoms with Crippen LogP contribution in [0.1, 0.15) is 43.1 Å². The summed E-state index contributed by atoms with van der Waals surface area (Å²) in [6, 6.07) is 6.42. The highest BCUT2D eigenvalue weighted by atomic mass is 16.4. The zero-order valence-corrected chi connectivity index (χ0v) is 13.1. The van der Waals surface area contributed by atoms with E-state index in [0.29, 0.717) is 13.1 Å². The molecule has 21 heavy (non-hydrogen) atoms. The summed E-state index contributed by atoms with van der Waals surface area (Å²) < 4.78 is 0. The van der Waals surface area contributed by atoms with Gasteiger partial charge in [0.25, 0.3) is 0 Å². The Bertz CT molecular complexity index is 495. The van der Waals surface area contributed by atoms with Crippen molar-refractivity contribution in [3.63, 3.8) is 0 Å². The summed E-state index contributed by atoms with van der Waals surface area (Å²) in [7, 11) is 1.72. The molecule has 5 nitrogen and oxygen atoms in total. The number of nitrogens with one attached hydrogen (secondary N) is 1. The first-order chi connectivity index (χ1) is 9.75. The van der Waals surface area contributed by atoms with Crippen molar-refractivity contribution >= 4 is 12.0 Å². The number of urea groups is 1. The summed E-state index contributed by atoms with van der Waals surface area (Å²) in [6.45, 7) is 7.39. The zero-order chi connectivity index (χ0) is 16.0. The fraction of sp³-hybridized carbons (Fsp3) is 0.500. The fourth-order valence-electron chi connectivity index (χ4n) is 1.67. The maximum absolute atomic E-state index is 12.0. The first-order valence-corrected chi connectivity index (χ1v) is 7.06. The topological polar surface area (TPSA) is 69.6 Å². The second-order valence-electron chi connectivity index (χ2n) is 6.03. The lowest BCUT2D eigenvalue weighted by Gasteiger charge is -2.25. The molecular formula is C16H24N2O3. The van der Waals surface area contributed by atoms with E-state index in [1.54, 1.807) is 36.2 Å². The van der Waals surface area contributed by atoms with Crippen LogP contribution in [0.25, 0.3) is 0 Å². The van der Waals surface area contributed by atoms with Gasteiger partial charge in [-0.15, -0.1) is 0 Å². The monoisotopic (exact) mass is 292 g/mol. The minimum absolute atomic E-state index is 0.0830. The van der Waals surface area contributed by atoms with E-state index >= 15 is 0 Å². The Morgan fingerprint density at radius 3 is 2.29 bits per heavy atom. The molecule has 0 fully saturated rings. The lowest BCUT2D eigenvalue weighted by atomic mass is 9.90. The molecule has 5 heteroatoms. The van der Waals surface area contributed by atoms with Gasteiger partial charge in [-0.3, -0.25) is 0 Å². The third kappa shape index (κ3) is 5.45. The Labute approximate surface area is 126 Å². The van der Waals surface area contributed by atoms with Gasteiger partial charge in [-0.1, -0.05) is 32.9 Å². The summed E-state index contributed by atoms with van der Waals surface area (Å²) in [5, 5.41) is 11.8. The smallest absolute Gasteiger partial charge is 0.335 e. The molecule has 0 aromatic heterocycles. The molecule has 0 heterocycles. The summed E-state index contributed by atoms with van der Waals surface area (Å²) in [4.78, 5) is 24.4. The third-order valence-electron chi connectivity index (χ3n) is 3.64. The van der Waals surface area contributed by atoms with Gasteiger partial charge < -0.3 is 15.3 Å². The maximum atomic E-state index is 12.0. The third-order valence-corrected chi connectivity index (χ3v) is 3.64. The Balaban J connectivity index is 2.54. The van der Waals surface area contributed by atoms with Crippen molar-refractivity contribution in [2.45, 2.75) is 33.7 Å². The van der Waals surface area contributed by atoms with Crippen LogP contribution < -0.4 is 5.32 Å². The Morgan fingerprint density at radius 1 is 1.24 bits per heavy atom. The average Bonchev–Trinajstić information content (AvgIpc) is 2.45. The predicted molar refractivity (Wildman–Crippen MR) is 82.3 cm³/mol. The van der Waals surface area contributed by atoms with E-state index < -0.39 is 5.97 Å². The largest absolute Gasteiger partial charge is 0.478 e. The van der Waals surface area contributed by atoms with E-state index in [1.165, 1.54) is 0 Å². The van der Waals surface area contributed by atoms with Gasteiger partial charge in [-0.05, 0) is 29.5 Å². The van der Waals surface area contributed by atoms with E-state index in [0.717, 1.165) is 12.0 Å². The van der Waals surface area contributed by atoms with Crippen LogP contribution >= 0.6 is 0 Å². The molecule has 1 rings (SSSR count). The molecule has 0 radical (unpaired) electrons. The summed E-state index contributed by atoms with van der Waals surface area (Å²) >= 11 is 0. The van der Waals surface area contributed by atoms with Crippen LogP contribution in [0.15, 0.2) is 24.3 Å². The highest BCUT2D eigenvalue weighted by Gasteiger charge is 2.17. The molecule has 0 saturated heterocycles. The van der Waals surface area contributed by atoms with E-state index in [4.69, 9.17) is 5.11 Å². The van der Waals surface area contributed by atoms with Gasteiger partial charge in [-0.25, -0.2) is 9.59 Å². The lowest BCUT2D eigenvalue weighted by molar-refractivity contribution is 0.0697. The van der Waals surface area contributed by atoms with Crippen LogP contribution in [0, 0.1) is 5.41 Å². The number of rotatable bonds is 6. The van der Waals surface area contributed by atoms with Gasteiger partial charge in [0.15, 0.2) is 0 Å². The van der Waals surface area contributed by atoms with Gasteiger partial charge in [0, 0.05) is 20.1 Å². The van der Waals surface area contributed by atoms with Crippen molar-refractivity contribution in [1.29, 1.82) is 0 Å². The molecule has 0 atom stereocenters. The summed E-state index contributed by atoms with van der Waals surface area (Å²) in [5.41, 5.74) is 1.22. The predicted octanol–water partition coefficient (Wildman–Crippen LogP) is 2.96. The molecule has 0 aliphatic rings. The molecule has 0 spiro atoms. The standard InChI is InChI=1S/C16H24N2O3/c1-5-16(2,3)11-17-15(21)18(4)10-12-6-8-13(9-7-12)14(19)20/h6-9H,5,10-11H2,1-4H3,(H,17,21)(H,19,20). The van der Waals surface area contributed by atoms with Gasteiger partial charge in [-0.2, -0.15) is 0 Å². The molecule has 1 aromatic carbocycles. The minimum atomic E-state index is -0.950. The molecule has 0 aliphatic carbocycles. The van der Waals surface area contributed by atoms with Crippen molar-refractivity contribution in [2.75, 3.05) is 13.6 Å². The number of aromatic carboxylic acids is 1. The van der Waals surface area contributed by atoms with Gasteiger partial charge in [0.2, 0.25) is 0 Å². The molecule has 0 saturated carbocycles. The molecule has 0 bridgehead atoms. The summed E-state index contributed by atoms with van der Waals surface area (Å²) in [5.74, 6) is -0.950. The van der Waals surface area contributed by atoms with Gasteiger partial charge in [0.05, 0.1) is 5.56 Å². The van der Waals surface area contributed by atoms with Gasteiger partial charge >= 0.3 is 12.0 Å². The van der Waals surface area contributed by atoms with Crippen LogP contribution in [0.3, 0.4) is 0 Å². The minimum Gasteiger partial charge on any atom is -0.478 e. The van der Waals surface area contributed by atoms with E-state index in [1.807, 2.05) is 0 Å². The lowest BCUT2D eigenvalue weighted by Crippen LogP contribution is -2.41. The van der Waals surface area contributed by atoms with E-state index in [9.17, 15) is 9.59 Å². The Kier molecular flexibility index (Phi) is 5.76. The number of carboxylic acids is 1. The average molecular weight is 292 g/mol. The van der Waals surface area contributed by atoms with Gasteiger partial charge in [0.1, 0.15) is 0 Å². The molecule has 116 valence electrons. The van der Waals surface area contributed by atoms with Crippen molar-refractivity contribution in [2.24, 2.45) is 5.41 Å². The van der Waals surface area contributed by atoms with Crippen molar-refractivity contribution < 1.29 is 14.7 Å². The quantitative estimate of drug-likeness (QED) is 0.847. The molecule has 1 aromatic rings. The van der Waals surface area contributed by atoms with E-state index in [-0.39, 0.29) is 17.0 Å². The molecule has 0 aliphatic heterocycles. The molecule has 2 N–H and O–H groups in total. The SMILES string of the molecule is CCC(C)(C)CNC(=O)N(C)Cc1ccc(C(=O)O)cc1. The van der Waals surface area contributed by atoms with E-state index in [2.05, 4.69) is 26.1 Å². The maximum Gasteiger partial charge on any atom is 0.335 e. The normalized spacial score (nSPS) is 11.0. The van der Waals surface area contributed by atoms with Crippen molar-refractivity contribution in [1.82, 2.24) is 10.2 Å². The molecule has 0 unspecified atom stereocenters. The van der Waals surface area contributed by atoms with Crippen molar-refractivity contribution in [3.8, 4) is 0 Å². The highest BCUT2D eigenvalue weighted by molar-refractivity contribution is 5.87. The number of amides is 2. The number of nitrogens with zero attached hydrogens (tertiary/aromatic N) is 1. The fourth-order valence-corrected chi connectivity index (χ4v) is 1.67. The second kappa shape index (κ2) is 7.11. The van der Waals surface area contributed by atoms with Crippen LogP contribution in [0.5, 0.6) is 0 Å². The number of carbonyl (C=O) groups is 2. The van der Waals surface area contributed by atoms with Crippen LogP contribution in [0.2, 0.25) is 0 Å². The number of carbonyl (C=O) groups excluding carboxylic acids is 1. The number of hydrogen-bond acceptors (Lipinski definition) is 2. The van der Waals surface area contributed by atoms with Crippen LogP contribution in [-0.2, 0) is 6.54 Å². The Morgan fingerprint density at radius 2 is 1.81 bits per heavy atom. The molecular weight excluding hydrogens is 268 g/mol. The van der Waals surface area contributed by atoms with Crippen LogP contribution in [-0.4, -0.2) is 35.6 Å². The molecule has 2 amide bonds. The second-order valence-corrected chi connectivity index (χ2v) is 6.03. The first kappa shape index (κ1) is 17.0. The zero-order valence-electron chi connectivity index (χ0n) is 13.1. The van der Waals surface area contributed by atoms with Crippen LogP contribution in [0.4, 0.5) is 4.79 Å². The highest BCUT2D eigenvalue weighted by Crippen LogP contribution is 2.17. The van der Waals surface area contributed by atoms with Crippen molar-refractivity contribution in [3.05, 3.63) is 35.4 Å². The number of benzene rings is 1. The number of carboxylic acid groups (broad SMARTS) is 1. The Hall–Kier alpha value is -2.04. The first-order valence-electron chi connectivity index (χ1n) is 7.06. The number of hydrogen-bond donors (Lipinski definition) is 2.